The molecule has 0 fully saturated rings. The van der Waals surface area contributed by atoms with E-state index in [1.54, 1.807) is 18.2 Å². The van der Waals surface area contributed by atoms with Gasteiger partial charge < -0.3 is 19.4 Å². The highest BCUT2D eigenvalue weighted by atomic mass is 31.2. The Bertz CT molecular complexity index is 670. The van der Waals surface area contributed by atoms with E-state index in [0.29, 0.717) is 36.1 Å². The minimum Gasteiger partial charge on any atom is -0.489 e. The maximum atomic E-state index is 12.5. The fraction of sp³-hybridized carbons (Fsp3) is 0.400. The highest BCUT2D eigenvalue weighted by Gasteiger charge is 2.29. The molecule has 1 heterocycles. The van der Waals surface area contributed by atoms with Crippen LogP contribution in [-0.4, -0.2) is 40.0 Å². The van der Waals surface area contributed by atoms with Gasteiger partial charge in [-0.2, -0.15) is 0 Å². The predicted molar refractivity (Wildman–Crippen MR) is 83.1 cm³/mol. The van der Waals surface area contributed by atoms with Gasteiger partial charge >= 0.3 is 7.60 Å². The van der Waals surface area contributed by atoms with Crippen LogP contribution in [0.3, 0.4) is 0 Å². The van der Waals surface area contributed by atoms with Crippen molar-refractivity contribution in [1.29, 1.82) is 0 Å². The number of benzene rings is 1. The molecule has 0 radical (unpaired) electrons. The highest BCUT2D eigenvalue weighted by molar-refractivity contribution is 7.51. The molecule has 8 heteroatoms. The molecule has 0 saturated carbocycles. The van der Waals surface area contributed by atoms with Crippen LogP contribution in [0.15, 0.2) is 30.1 Å². The zero-order valence-electron chi connectivity index (χ0n) is 12.7. The molecule has 1 aliphatic heterocycles. The van der Waals surface area contributed by atoms with Crippen LogP contribution in [-0.2, 0) is 11.0 Å². The molecule has 0 bridgehead atoms. The number of fused-ring (bicyclic) bond motifs is 1. The van der Waals surface area contributed by atoms with Crippen LogP contribution in [0.25, 0.3) is 0 Å². The lowest BCUT2D eigenvalue weighted by Gasteiger charge is -2.28. The summed E-state index contributed by atoms with van der Waals surface area (Å²) in [5.74, 6) is 0.131. The average molecular weight is 343 g/mol. The standard InChI is InChI=1S/C15H19FNO5P/c1-2-11(8-16)9-22-13-3-4-14-12(7-13)5-6-17(15(14)18)10-23(19,20)21/h3-4,7-8H,2,5-6,9-10H2,1H3,(H2,19,20,21). The average Bonchev–Trinajstić information content (AvgIpc) is 2.50. The molecule has 1 aromatic carbocycles. The number of hydrogen-bond donors (Lipinski definition) is 2. The molecular formula is C15H19FNO5P. The van der Waals surface area contributed by atoms with Crippen LogP contribution in [0.4, 0.5) is 4.39 Å². The minimum absolute atomic E-state index is 0.143. The summed E-state index contributed by atoms with van der Waals surface area (Å²) in [7, 11) is -4.28. The summed E-state index contributed by atoms with van der Waals surface area (Å²) in [5.41, 5.74) is 1.71. The Balaban J connectivity index is 2.11. The first-order valence-corrected chi connectivity index (χ1v) is 9.01. The summed E-state index contributed by atoms with van der Waals surface area (Å²) in [6.07, 6.45) is 0.988. The van der Waals surface area contributed by atoms with Crippen LogP contribution in [0, 0.1) is 0 Å². The van der Waals surface area contributed by atoms with E-state index in [1.165, 1.54) is 0 Å². The Morgan fingerprint density at radius 1 is 1.48 bits per heavy atom. The molecule has 0 aliphatic carbocycles. The molecule has 126 valence electrons. The molecule has 6 nitrogen and oxygen atoms in total. The number of halogens is 1. The second-order valence-electron chi connectivity index (χ2n) is 5.35. The number of ether oxygens (including phenoxy) is 1. The second-order valence-corrected chi connectivity index (χ2v) is 6.97. The fourth-order valence-electron chi connectivity index (χ4n) is 2.35. The Kier molecular flexibility index (Phi) is 5.57. The largest absolute Gasteiger partial charge is 0.489 e. The molecule has 23 heavy (non-hydrogen) atoms. The SMILES string of the molecule is CCC(=CF)COc1ccc2c(c1)CCN(CP(=O)(O)O)C2=O. The molecule has 1 aromatic rings. The van der Waals surface area contributed by atoms with Crippen molar-refractivity contribution in [2.75, 3.05) is 19.4 Å². The molecule has 1 aliphatic rings. The third kappa shape index (κ3) is 4.64. The van der Waals surface area contributed by atoms with E-state index in [1.807, 2.05) is 6.92 Å². The first-order chi connectivity index (χ1) is 10.8. The molecule has 1 amide bonds. The summed E-state index contributed by atoms with van der Waals surface area (Å²) < 4.78 is 29.1. The van der Waals surface area contributed by atoms with Gasteiger partial charge in [0.15, 0.2) is 0 Å². The lowest BCUT2D eigenvalue weighted by molar-refractivity contribution is 0.0757. The molecule has 2 N–H and O–H groups in total. The van der Waals surface area contributed by atoms with Gasteiger partial charge in [-0.3, -0.25) is 9.36 Å². The number of amides is 1. The molecule has 0 aromatic heterocycles. The fourth-order valence-corrected chi connectivity index (χ4v) is 3.06. The van der Waals surface area contributed by atoms with Gasteiger partial charge in [0.05, 0.1) is 6.33 Å². The smallest absolute Gasteiger partial charge is 0.344 e. The van der Waals surface area contributed by atoms with Crippen molar-refractivity contribution < 1.29 is 28.3 Å². The Hall–Kier alpha value is -1.69. The van der Waals surface area contributed by atoms with Crippen LogP contribution in [0.5, 0.6) is 5.75 Å². The van der Waals surface area contributed by atoms with Crippen molar-refractivity contribution in [1.82, 2.24) is 4.90 Å². The van der Waals surface area contributed by atoms with E-state index in [9.17, 15) is 13.8 Å². The van der Waals surface area contributed by atoms with E-state index in [-0.39, 0.29) is 13.2 Å². The van der Waals surface area contributed by atoms with Crippen molar-refractivity contribution >= 4 is 13.5 Å². The first-order valence-electron chi connectivity index (χ1n) is 7.21. The number of nitrogens with zero attached hydrogens (tertiary/aromatic N) is 1. The normalized spacial score (nSPS) is 15.6. The summed E-state index contributed by atoms with van der Waals surface area (Å²) in [6.45, 7) is 2.21. The monoisotopic (exact) mass is 343 g/mol. The summed E-state index contributed by atoms with van der Waals surface area (Å²) in [6, 6.07) is 4.89. The highest BCUT2D eigenvalue weighted by Crippen LogP contribution is 2.37. The van der Waals surface area contributed by atoms with Gasteiger partial charge in [0, 0.05) is 12.1 Å². The third-order valence-electron chi connectivity index (χ3n) is 3.63. The Labute approximate surface area is 133 Å². The summed E-state index contributed by atoms with van der Waals surface area (Å²) in [5, 5.41) is 0. The number of rotatable bonds is 6. The van der Waals surface area contributed by atoms with E-state index < -0.39 is 19.8 Å². The van der Waals surface area contributed by atoms with E-state index >= 15 is 0 Å². The van der Waals surface area contributed by atoms with Gasteiger partial charge in [-0.25, -0.2) is 4.39 Å². The number of hydrogen-bond acceptors (Lipinski definition) is 3. The predicted octanol–water partition coefficient (Wildman–Crippen LogP) is 2.46. The molecule has 2 rings (SSSR count). The van der Waals surface area contributed by atoms with Crippen molar-refractivity contribution in [3.63, 3.8) is 0 Å². The van der Waals surface area contributed by atoms with Gasteiger partial charge in [0.25, 0.3) is 5.91 Å². The maximum Gasteiger partial charge on any atom is 0.344 e. The Morgan fingerprint density at radius 2 is 2.22 bits per heavy atom. The summed E-state index contributed by atoms with van der Waals surface area (Å²) >= 11 is 0. The molecule has 0 unspecified atom stereocenters. The van der Waals surface area contributed by atoms with Gasteiger partial charge in [0.1, 0.15) is 18.6 Å². The van der Waals surface area contributed by atoms with Gasteiger partial charge in [0.2, 0.25) is 0 Å². The zero-order chi connectivity index (χ0) is 17.0. The topological polar surface area (TPSA) is 87.1 Å². The Morgan fingerprint density at radius 3 is 2.83 bits per heavy atom. The first kappa shape index (κ1) is 17.7. The van der Waals surface area contributed by atoms with E-state index in [2.05, 4.69) is 0 Å². The number of carbonyl (C=O) groups is 1. The van der Waals surface area contributed by atoms with Crippen molar-refractivity contribution in [2.45, 2.75) is 19.8 Å². The molecule has 0 saturated heterocycles. The van der Waals surface area contributed by atoms with Crippen LogP contribution < -0.4 is 4.74 Å². The second kappa shape index (κ2) is 7.25. The van der Waals surface area contributed by atoms with Crippen LogP contribution in [0.2, 0.25) is 0 Å². The molecular weight excluding hydrogens is 324 g/mol. The lowest BCUT2D eigenvalue weighted by atomic mass is 9.99. The van der Waals surface area contributed by atoms with Gasteiger partial charge in [-0.15, -0.1) is 0 Å². The molecule has 0 atom stereocenters. The van der Waals surface area contributed by atoms with Crippen molar-refractivity contribution in [3.8, 4) is 5.75 Å². The van der Waals surface area contributed by atoms with Gasteiger partial charge in [-0.05, 0) is 42.2 Å². The minimum atomic E-state index is -4.28. The lowest BCUT2D eigenvalue weighted by Crippen LogP contribution is -2.38. The van der Waals surface area contributed by atoms with Crippen molar-refractivity contribution in [2.24, 2.45) is 0 Å². The quantitative estimate of drug-likeness (QED) is 0.775. The number of carbonyl (C=O) groups excluding carboxylic acids is 1. The molecule has 0 spiro atoms. The van der Waals surface area contributed by atoms with E-state index in [4.69, 9.17) is 14.5 Å². The van der Waals surface area contributed by atoms with Crippen LogP contribution in [0.1, 0.15) is 29.3 Å². The third-order valence-corrected chi connectivity index (χ3v) is 4.34. The van der Waals surface area contributed by atoms with E-state index in [0.717, 1.165) is 10.5 Å². The summed E-state index contributed by atoms with van der Waals surface area (Å²) in [4.78, 5) is 31.4. The van der Waals surface area contributed by atoms with Gasteiger partial charge in [-0.1, -0.05) is 6.92 Å². The van der Waals surface area contributed by atoms with Crippen LogP contribution >= 0.6 is 7.60 Å². The zero-order valence-corrected chi connectivity index (χ0v) is 13.6. The van der Waals surface area contributed by atoms with Crippen molar-refractivity contribution in [3.05, 3.63) is 41.2 Å². The maximum absolute atomic E-state index is 12.5.